The first-order valence-corrected chi connectivity index (χ1v) is 8.01. The average Bonchev–Trinajstić information content (AvgIpc) is 2.64. The molecule has 1 amide bonds. The van der Waals surface area contributed by atoms with Crippen LogP contribution in [0, 0.1) is 5.82 Å². The Balaban J connectivity index is 1.78. The van der Waals surface area contributed by atoms with E-state index in [0.29, 0.717) is 24.5 Å². The van der Waals surface area contributed by atoms with Crippen LogP contribution in [0.4, 0.5) is 10.2 Å². The third kappa shape index (κ3) is 3.97. The summed E-state index contributed by atoms with van der Waals surface area (Å²) in [5.74, 6) is -0.326. The van der Waals surface area contributed by atoms with E-state index in [1.165, 1.54) is 29.2 Å². The van der Waals surface area contributed by atoms with Gasteiger partial charge in [0.05, 0.1) is 5.69 Å². The minimum absolute atomic E-state index is 0.108. The summed E-state index contributed by atoms with van der Waals surface area (Å²) in [5, 5.41) is 14.2. The van der Waals surface area contributed by atoms with Crippen LogP contribution in [0.1, 0.15) is 28.7 Å². The maximum absolute atomic E-state index is 13.3. The number of halogens is 1. The third-order valence-electron chi connectivity index (χ3n) is 3.72. The average molecular weight is 353 g/mol. The van der Waals surface area contributed by atoms with Gasteiger partial charge in [-0.25, -0.2) is 9.49 Å². The summed E-state index contributed by atoms with van der Waals surface area (Å²) in [7, 11) is 0. The Kier molecular flexibility index (Phi) is 5.12. The number of nitrogens with zero attached hydrogens (tertiary/aromatic N) is 4. The van der Waals surface area contributed by atoms with Crippen molar-refractivity contribution in [2.24, 2.45) is 0 Å². The molecule has 0 atom stereocenters. The SMILES string of the molecule is CCN(C(=O)c1ccc(=O)[nH]n1)c1ccc(Cc2cccc(F)c2)nn1. The number of carbonyl (C=O) groups excluding carboxylic acids is 1. The lowest BCUT2D eigenvalue weighted by molar-refractivity contribution is 0.0981. The first kappa shape index (κ1) is 17.4. The van der Waals surface area contributed by atoms with Crippen LogP contribution in [0.25, 0.3) is 0 Å². The fraction of sp³-hybridized carbons (Fsp3) is 0.167. The van der Waals surface area contributed by atoms with Gasteiger partial charge < -0.3 is 0 Å². The van der Waals surface area contributed by atoms with Crippen molar-refractivity contribution in [1.29, 1.82) is 0 Å². The molecule has 0 unspecified atom stereocenters. The molecule has 2 heterocycles. The van der Waals surface area contributed by atoms with Crippen molar-refractivity contribution in [3.63, 3.8) is 0 Å². The number of benzene rings is 1. The van der Waals surface area contributed by atoms with E-state index < -0.39 is 5.91 Å². The smallest absolute Gasteiger partial charge is 0.279 e. The molecule has 7 nitrogen and oxygen atoms in total. The van der Waals surface area contributed by atoms with Gasteiger partial charge in [-0.2, -0.15) is 10.2 Å². The second kappa shape index (κ2) is 7.64. The summed E-state index contributed by atoms with van der Waals surface area (Å²) >= 11 is 0. The summed E-state index contributed by atoms with van der Waals surface area (Å²) in [4.78, 5) is 25.0. The van der Waals surface area contributed by atoms with Gasteiger partial charge in [0.25, 0.3) is 11.5 Å². The molecule has 0 aliphatic heterocycles. The summed E-state index contributed by atoms with van der Waals surface area (Å²) in [6.45, 7) is 2.16. The fourth-order valence-corrected chi connectivity index (χ4v) is 2.46. The van der Waals surface area contributed by atoms with Crippen LogP contribution >= 0.6 is 0 Å². The number of hydrogen-bond donors (Lipinski definition) is 1. The molecule has 8 heteroatoms. The molecular weight excluding hydrogens is 337 g/mol. The highest BCUT2D eigenvalue weighted by Gasteiger charge is 2.19. The van der Waals surface area contributed by atoms with Crippen LogP contribution < -0.4 is 10.5 Å². The van der Waals surface area contributed by atoms with Gasteiger partial charge in [0, 0.05) is 19.0 Å². The van der Waals surface area contributed by atoms with Gasteiger partial charge in [0.2, 0.25) is 0 Å². The zero-order chi connectivity index (χ0) is 18.5. The molecule has 0 saturated carbocycles. The van der Waals surface area contributed by atoms with Crippen LogP contribution in [0.5, 0.6) is 0 Å². The van der Waals surface area contributed by atoms with E-state index in [1.54, 1.807) is 25.1 Å². The largest absolute Gasteiger partial charge is 0.290 e. The molecule has 0 fully saturated rings. The summed E-state index contributed by atoms with van der Waals surface area (Å²) < 4.78 is 13.3. The molecule has 26 heavy (non-hydrogen) atoms. The first-order chi connectivity index (χ1) is 12.6. The number of anilines is 1. The van der Waals surface area contributed by atoms with Crippen molar-refractivity contribution in [3.8, 4) is 0 Å². The molecule has 0 aliphatic rings. The van der Waals surface area contributed by atoms with Gasteiger partial charge >= 0.3 is 0 Å². The molecule has 1 N–H and O–H groups in total. The van der Waals surface area contributed by atoms with Crippen LogP contribution in [0.2, 0.25) is 0 Å². The molecule has 3 aromatic rings. The molecule has 0 spiro atoms. The highest BCUT2D eigenvalue weighted by atomic mass is 19.1. The monoisotopic (exact) mass is 353 g/mol. The van der Waals surface area contributed by atoms with Crippen molar-refractivity contribution in [3.05, 3.63) is 81.7 Å². The fourth-order valence-electron chi connectivity index (χ4n) is 2.46. The summed E-state index contributed by atoms with van der Waals surface area (Å²) in [5.41, 5.74) is 1.17. The number of aromatic amines is 1. The van der Waals surface area contributed by atoms with Crippen molar-refractivity contribution in [2.45, 2.75) is 13.3 Å². The predicted molar refractivity (Wildman–Crippen MR) is 93.4 cm³/mol. The number of rotatable bonds is 5. The molecule has 2 aromatic heterocycles. The predicted octanol–water partition coefficient (Wildman–Crippen LogP) is 1.96. The van der Waals surface area contributed by atoms with Crippen molar-refractivity contribution >= 4 is 11.7 Å². The number of carbonyl (C=O) groups is 1. The van der Waals surface area contributed by atoms with Gasteiger partial charge in [-0.05, 0) is 42.8 Å². The standard InChI is InChI=1S/C18H16FN5O2/c1-2-24(18(26)15-7-9-17(25)23-21-15)16-8-6-14(20-22-16)11-12-4-3-5-13(19)10-12/h3-10H,2,11H2,1H3,(H,23,25). The maximum atomic E-state index is 13.3. The third-order valence-corrected chi connectivity index (χ3v) is 3.72. The van der Waals surface area contributed by atoms with Crippen LogP contribution in [0.3, 0.4) is 0 Å². The van der Waals surface area contributed by atoms with E-state index >= 15 is 0 Å². The lowest BCUT2D eigenvalue weighted by Gasteiger charge is -2.18. The Morgan fingerprint density at radius 3 is 2.62 bits per heavy atom. The quantitative estimate of drug-likeness (QED) is 0.757. The topological polar surface area (TPSA) is 91.8 Å². The molecule has 3 rings (SSSR count). The highest BCUT2D eigenvalue weighted by Crippen LogP contribution is 2.14. The molecule has 1 aromatic carbocycles. The summed E-state index contributed by atoms with van der Waals surface area (Å²) in [6, 6.07) is 12.3. The number of amides is 1. The zero-order valence-corrected chi connectivity index (χ0v) is 14.0. The maximum Gasteiger partial charge on any atom is 0.279 e. The molecule has 0 bridgehead atoms. The van der Waals surface area contributed by atoms with E-state index in [1.807, 2.05) is 6.07 Å². The highest BCUT2D eigenvalue weighted by molar-refractivity contribution is 6.03. The second-order valence-corrected chi connectivity index (χ2v) is 5.55. The van der Waals surface area contributed by atoms with Gasteiger partial charge in [-0.3, -0.25) is 14.5 Å². The normalized spacial score (nSPS) is 10.5. The first-order valence-electron chi connectivity index (χ1n) is 8.01. The van der Waals surface area contributed by atoms with Crippen molar-refractivity contribution < 1.29 is 9.18 Å². The zero-order valence-electron chi connectivity index (χ0n) is 14.0. The van der Waals surface area contributed by atoms with Crippen LogP contribution in [-0.4, -0.2) is 32.8 Å². The Morgan fingerprint density at radius 2 is 2.00 bits per heavy atom. The Labute approximate surface area is 148 Å². The van der Waals surface area contributed by atoms with E-state index in [-0.39, 0.29) is 17.1 Å². The number of hydrogen-bond acceptors (Lipinski definition) is 5. The number of nitrogens with one attached hydrogen (secondary N) is 1. The number of H-pyrrole nitrogens is 1. The molecule has 0 radical (unpaired) electrons. The van der Waals surface area contributed by atoms with Crippen molar-refractivity contribution in [2.75, 3.05) is 11.4 Å². The second-order valence-electron chi connectivity index (χ2n) is 5.55. The summed E-state index contributed by atoms with van der Waals surface area (Å²) in [6.07, 6.45) is 0.437. The van der Waals surface area contributed by atoms with Crippen LogP contribution in [-0.2, 0) is 6.42 Å². The molecular formula is C18H16FN5O2. The minimum Gasteiger partial charge on any atom is -0.290 e. The lowest BCUT2D eigenvalue weighted by atomic mass is 10.1. The van der Waals surface area contributed by atoms with E-state index in [0.717, 1.165) is 5.56 Å². The van der Waals surface area contributed by atoms with E-state index in [2.05, 4.69) is 20.4 Å². The Hall–Kier alpha value is -3.42. The van der Waals surface area contributed by atoms with E-state index in [9.17, 15) is 14.0 Å². The van der Waals surface area contributed by atoms with Crippen LogP contribution in [0.15, 0.2) is 53.3 Å². The lowest BCUT2D eigenvalue weighted by Crippen LogP contribution is -2.33. The van der Waals surface area contributed by atoms with Gasteiger partial charge in [-0.15, -0.1) is 5.10 Å². The number of aromatic nitrogens is 4. The van der Waals surface area contributed by atoms with E-state index in [4.69, 9.17) is 0 Å². The molecule has 132 valence electrons. The van der Waals surface area contributed by atoms with Gasteiger partial charge in [-0.1, -0.05) is 12.1 Å². The minimum atomic E-state index is -0.393. The van der Waals surface area contributed by atoms with Crippen molar-refractivity contribution in [1.82, 2.24) is 20.4 Å². The van der Waals surface area contributed by atoms with Gasteiger partial charge in [0.15, 0.2) is 5.82 Å². The Bertz CT molecular complexity index is 951. The Morgan fingerprint density at radius 1 is 1.15 bits per heavy atom. The van der Waals surface area contributed by atoms with Gasteiger partial charge in [0.1, 0.15) is 11.5 Å². The molecule has 0 aliphatic carbocycles. The molecule has 0 saturated heterocycles.